The van der Waals surface area contributed by atoms with Gasteiger partial charge in [0.1, 0.15) is 0 Å². The van der Waals surface area contributed by atoms with Crippen LogP contribution in [0.5, 0.6) is 0 Å². The van der Waals surface area contributed by atoms with Gasteiger partial charge >= 0.3 is 6.03 Å². The van der Waals surface area contributed by atoms with E-state index in [1.807, 2.05) is 0 Å². The zero-order chi connectivity index (χ0) is 16.4. The summed E-state index contributed by atoms with van der Waals surface area (Å²) in [5.41, 5.74) is 0.992. The van der Waals surface area contributed by atoms with Crippen molar-refractivity contribution >= 4 is 17.4 Å². The van der Waals surface area contributed by atoms with Crippen LogP contribution in [-0.4, -0.2) is 41.6 Å². The topological polar surface area (TPSA) is 57.3 Å². The summed E-state index contributed by atoms with van der Waals surface area (Å²) in [4.78, 5) is 19.3. The lowest BCUT2D eigenvalue weighted by Crippen LogP contribution is -2.43. The molecule has 0 bridgehead atoms. The van der Waals surface area contributed by atoms with Gasteiger partial charge in [-0.3, -0.25) is 0 Å². The summed E-state index contributed by atoms with van der Waals surface area (Å²) in [6.45, 7) is 3.89. The van der Waals surface area contributed by atoms with E-state index in [2.05, 4.69) is 25.9 Å². The van der Waals surface area contributed by atoms with Crippen molar-refractivity contribution in [3.63, 3.8) is 0 Å². The number of thiazole rings is 1. The Hall–Kier alpha value is -1.14. The van der Waals surface area contributed by atoms with E-state index in [4.69, 9.17) is 0 Å². The number of nitrogens with one attached hydrogen (secondary N) is 2. The van der Waals surface area contributed by atoms with Crippen LogP contribution in [0.25, 0.3) is 0 Å². The Morgan fingerprint density at radius 3 is 2.88 bits per heavy atom. The third-order valence-corrected chi connectivity index (χ3v) is 6.58. The predicted molar refractivity (Wildman–Crippen MR) is 96.3 cm³/mol. The van der Waals surface area contributed by atoms with E-state index in [-0.39, 0.29) is 6.03 Å². The molecule has 1 aromatic heterocycles. The minimum atomic E-state index is -0.0521. The maximum absolute atomic E-state index is 12.1. The molecule has 1 saturated heterocycles. The second kappa shape index (κ2) is 7.40. The highest BCUT2D eigenvalue weighted by atomic mass is 32.1. The molecule has 1 aliphatic heterocycles. The molecular formula is C18H28N4OS. The summed E-state index contributed by atoms with van der Waals surface area (Å²) >= 11 is 1.73. The molecular weight excluding hydrogens is 320 g/mol. The van der Waals surface area contributed by atoms with Crippen molar-refractivity contribution < 1.29 is 4.79 Å². The third kappa shape index (κ3) is 4.28. The van der Waals surface area contributed by atoms with Gasteiger partial charge in [0, 0.05) is 37.0 Å². The van der Waals surface area contributed by atoms with Gasteiger partial charge in [0.05, 0.1) is 17.2 Å². The summed E-state index contributed by atoms with van der Waals surface area (Å²) in [5, 5.41) is 9.41. The minimum Gasteiger partial charge on any atom is -0.334 e. The van der Waals surface area contributed by atoms with Crippen LogP contribution in [0.3, 0.4) is 0 Å². The standard InChI is InChI=1S/C18H28N4OS/c23-18(19-9-16-12-24-17(20-16)14-5-6-14)21-15-7-8-22(11-15)10-13-3-1-2-4-13/h12-15H,1-11H2,(H2,19,21,23)/t15-/m1/s1. The molecule has 2 heterocycles. The van der Waals surface area contributed by atoms with Crippen molar-refractivity contribution in [1.82, 2.24) is 20.5 Å². The molecule has 4 rings (SSSR count). The lowest BCUT2D eigenvalue weighted by molar-refractivity contribution is 0.234. The molecule has 1 aromatic rings. The van der Waals surface area contributed by atoms with Crippen LogP contribution in [0, 0.1) is 5.92 Å². The van der Waals surface area contributed by atoms with Gasteiger partial charge < -0.3 is 15.5 Å². The highest BCUT2D eigenvalue weighted by Crippen LogP contribution is 2.41. The summed E-state index contributed by atoms with van der Waals surface area (Å²) in [7, 11) is 0. The van der Waals surface area contributed by atoms with Gasteiger partial charge in [-0.1, -0.05) is 12.8 Å². The Morgan fingerprint density at radius 1 is 1.25 bits per heavy atom. The van der Waals surface area contributed by atoms with Crippen LogP contribution in [-0.2, 0) is 6.54 Å². The summed E-state index contributed by atoms with van der Waals surface area (Å²) in [6.07, 6.45) is 9.23. The lowest BCUT2D eigenvalue weighted by Gasteiger charge is -2.20. The molecule has 2 aliphatic carbocycles. The molecule has 1 atom stereocenters. The third-order valence-electron chi connectivity index (χ3n) is 5.52. The normalized spacial score (nSPS) is 25.2. The Morgan fingerprint density at radius 2 is 2.08 bits per heavy atom. The van der Waals surface area contributed by atoms with Gasteiger partial charge in [0.2, 0.25) is 0 Å². The van der Waals surface area contributed by atoms with Crippen LogP contribution in [0.1, 0.15) is 61.6 Å². The number of aromatic nitrogens is 1. The zero-order valence-electron chi connectivity index (χ0n) is 14.3. The predicted octanol–water partition coefficient (Wildman–Crippen LogP) is 3.08. The van der Waals surface area contributed by atoms with E-state index >= 15 is 0 Å². The fraction of sp³-hybridized carbons (Fsp3) is 0.778. The van der Waals surface area contributed by atoms with E-state index in [9.17, 15) is 4.79 Å². The first-order valence-corrected chi connectivity index (χ1v) is 10.4. The quantitative estimate of drug-likeness (QED) is 0.831. The number of likely N-dealkylation sites (tertiary alicyclic amines) is 1. The molecule has 3 fully saturated rings. The van der Waals surface area contributed by atoms with Crippen molar-refractivity contribution in [3.8, 4) is 0 Å². The summed E-state index contributed by atoms with van der Waals surface area (Å²) in [5.74, 6) is 1.59. The van der Waals surface area contributed by atoms with Crippen LogP contribution in [0.15, 0.2) is 5.38 Å². The van der Waals surface area contributed by atoms with E-state index < -0.39 is 0 Å². The molecule has 3 aliphatic rings. The first kappa shape index (κ1) is 16.3. The van der Waals surface area contributed by atoms with Crippen molar-refractivity contribution in [2.45, 2.75) is 63.5 Å². The molecule has 6 heteroatoms. The first-order chi connectivity index (χ1) is 11.8. The molecule has 0 aromatic carbocycles. The number of hydrogen-bond donors (Lipinski definition) is 2. The number of carbonyl (C=O) groups is 1. The van der Waals surface area contributed by atoms with Gasteiger partial charge in [0.15, 0.2) is 0 Å². The Labute approximate surface area is 148 Å². The lowest BCUT2D eigenvalue weighted by atomic mass is 10.1. The maximum Gasteiger partial charge on any atom is 0.315 e. The van der Waals surface area contributed by atoms with E-state index in [0.717, 1.165) is 31.1 Å². The van der Waals surface area contributed by atoms with Gasteiger partial charge in [-0.2, -0.15) is 0 Å². The monoisotopic (exact) mass is 348 g/mol. The fourth-order valence-corrected chi connectivity index (χ4v) is 4.99. The Balaban J connectivity index is 1.16. The van der Waals surface area contributed by atoms with Crippen LogP contribution < -0.4 is 10.6 Å². The number of amides is 2. The smallest absolute Gasteiger partial charge is 0.315 e. The maximum atomic E-state index is 12.1. The average molecular weight is 349 g/mol. The molecule has 0 unspecified atom stereocenters. The van der Waals surface area contributed by atoms with Gasteiger partial charge in [-0.15, -0.1) is 11.3 Å². The Bertz CT molecular complexity index is 565. The molecule has 5 nitrogen and oxygen atoms in total. The number of rotatable bonds is 6. The van der Waals surface area contributed by atoms with Crippen molar-refractivity contribution in [1.29, 1.82) is 0 Å². The van der Waals surface area contributed by atoms with Crippen LogP contribution in [0.4, 0.5) is 4.79 Å². The molecule has 24 heavy (non-hydrogen) atoms. The van der Waals surface area contributed by atoms with E-state index in [1.165, 1.54) is 50.1 Å². The Kier molecular flexibility index (Phi) is 5.03. The molecule has 2 saturated carbocycles. The van der Waals surface area contributed by atoms with E-state index in [0.29, 0.717) is 18.5 Å². The number of nitrogens with zero attached hydrogens (tertiary/aromatic N) is 2. The van der Waals surface area contributed by atoms with E-state index in [1.54, 1.807) is 11.3 Å². The van der Waals surface area contributed by atoms with Gasteiger partial charge in [-0.05, 0) is 38.0 Å². The van der Waals surface area contributed by atoms with Crippen molar-refractivity contribution in [2.24, 2.45) is 5.92 Å². The fourth-order valence-electron chi connectivity index (χ4n) is 4.00. The SMILES string of the molecule is O=C(NCc1csc(C2CC2)n1)N[C@@H]1CCN(CC2CCCC2)C1. The summed E-state index contributed by atoms with van der Waals surface area (Å²) in [6, 6.07) is 0.243. The molecule has 132 valence electrons. The second-order valence-electron chi connectivity index (χ2n) is 7.67. The van der Waals surface area contributed by atoms with Crippen LogP contribution in [0.2, 0.25) is 0 Å². The largest absolute Gasteiger partial charge is 0.334 e. The molecule has 2 amide bonds. The average Bonchev–Trinajstić information content (AvgIpc) is 2.98. The number of hydrogen-bond acceptors (Lipinski definition) is 4. The molecule has 0 radical (unpaired) electrons. The van der Waals surface area contributed by atoms with Crippen molar-refractivity contribution in [2.75, 3.05) is 19.6 Å². The zero-order valence-corrected chi connectivity index (χ0v) is 15.1. The van der Waals surface area contributed by atoms with Crippen molar-refractivity contribution in [3.05, 3.63) is 16.1 Å². The summed E-state index contributed by atoms with van der Waals surface area (Å²) < 4.78 is 0. The highest BCUT2D eigenvalue weighted by Gasteiger charge is 2.28. The minimum absolute atomic E-state index is 0.0521. The molecule has 0 spiro atoms. The highest BCUT2D eigenvalue weighted by molar-refractivity contribution is 7.09. The van der Waals surface area contributed by atoms with Crippen LogP contribution >= 0.6 is 11.3 Å². The molecule has 2 N–H and O–H groups in total. The number of urea groups is 1. The van der Waals surface area contributed by atoms with Gasteiger partial charge in [-0.25, -0.2) is 9.78 Å². The number of carbonyl (C=O) groups excluding carboxylic acids is 1. The second-order valence-corrected chi connectivity index (χ2v) is 8.56. The van der Waals surface area contributed by atoms with Gasteiger partial charge in [0.25, 0.3) is 0 Å². The first-order valence-electron chi connectivity index (χ1n) is 9.47.